The molecule has 2 aliphatic rings. The third-order valence-corrected chi connectivity index (χ3v) is 10.2. The highest BCUT2D eigenvalue weighted by atomic mass is 15.4. The predicted octanol–water partition coefficient (Wildman–Crippen LogP) is 11.2. The molecule has 1 aromatic heterocycles. The van der Waals surface area contributed by atoms with Crippen LogP contribution in [0.15, 0.2) is 170 Å². The van der Waals surface area contributed by atoms with Gasteiger partial charge in [-0.05, 0) is 81.9 Å². The van der Waals surface area contributed by atoms with Crippen LogP contribution in [0.3, 0.4) is 0 Å². The van der Waals surface area contributed by atoms with E-state index in [0.29, 0.717) is 0 Å². The molecular formula is C46H34N4. The molecule has 238 valence electrons. The minimum absolute atomic E-state index is 0.0350. The van der Waals surface area contributed by atoms with Crippen molar-refractivity contribution in [1.82, 2.24) is 9.88 Å². The summed E-state index contributed by atoms with van der Waals surface area (Å²) in [4.78, 5) is 2.43. The summed E-state index contributed by atoms with van der Waals surface area (Å²) in [5.41, 5.74) is 14.2. The van der Waals surface area contributed by atoms with Crippen LogP contribution >= 0.6 is 0 Å². The van der Waals surface area contributed by atoms with Gasteiger partial charge in [-0.3, -0.25) is 5.32 Å². The molecule has 8 aromatic rings. The zero-order valence-electron chi connectivity index (χ0n) is 27.4. The fraction of sp³-hybridized carbons (Fsp3) is 0.0435. The summed E-state index contributed by atoms with van der Waals surface area (Å²) in [6.07, 6.45) is 4.32. The Morgan fingerprint density at radius 2 is 1.14 bits per heavy atom. The van der Waals surface area contributed by atoms with Crippen LogP contribution in [0.25, 0.3) is 50.8 Å². The zero-order valence-corrected chi connectivity index (χ0v) is 27.4. The highest BCUT2D eigenvalue weighted by Crippen LogP contribution is 2.43. The third-order valence-electron chi connectivity index (χ3n) is 10.2. The van der Waals surface area contributed by atoms with Crippen molar-refractivity contribution in [1.29, 1.82) is 0 Å². The maximum Gasteiger partial charge on any atom is 0.160 e. The van der Waals surface area contributed by atoms with Crippen molar-refractivity contribution in [3.05, 3.63) is 192 Å². The summed E-state index contributed by atoms with van der Waals surface area (Å²) >= 11 is 0. The molecule has 0 amide bonds. The molecule has 2 N–H and O–H groups in total. The van der Waals surface area contributed by atoms with Crippen LogP contribution in [0.1, 0.15) is 28.3 Å². The molecule has 0 radical (unpaired) electrons. The average Bonchev–Trinajstić information content (AvgIpc) is 3.42. The lowest BCUT2D eigenvalue weighted by Gasteiger charge is -2.42. The Balaban J connectivity index is 1.11. The van der Waals surface area contributed by atoms with E-state index in [1.165, 1.54) is 55.2 Å². The number of para-hydroxylation sites is 4. The van der Waals surface area contributed by atoms with Gasteiger partial charge in [0.25, 0.3) is 0 Å². The van der Waals surface area contributed by atoms with E-state index in [9.17, 15) is 0 Å². The monoisotopic (exact) mass is 642 g/mol. The maximum atomic E-state index is 3.99. The standard InChI is InChI=1S/C46H34N4/c1-3-14-32(15-4-1)45-39-19-8-10-20-40(39)47-46(48-45)50-41-21-11-7-13-31(41)23-24-35-29-33(26-28-42(35)50)34-25-27-38-37-18-9-12-22-43(37)49(44(38)30-34)36-16-5-2-6-17-36/h1-30,45-48H. The molecule has 4 nitrogen and oxygen atoms in total. The number of hydrogen-bond donors (Lipinski definition) is 2. The van der Waals surface area contributed by atoms with E-state index >= 15 is 0 Å². The SMILES string of the molecule is C1=Cc2cc(-c3ccc4c5ccccc5n(-c5ccccc5)c4c3)ccc2N(C2Nc3ccccc3C(c3ccccc3)N2)c2ccccc21. The molecule has 0 saturated carbocycles. The molecule has 2 aliphatic heterocycles. The first-order chi connectivity index (χ1) is 24.8. The molecule has 0 saturated heterocycles. The van der Waals surface area contributed by atoms with Crippen molar-refractivity contribution < 1.29 is 0 Å². The molecule has 7 aromatic carbocycles. The molecule has 0 bridgehead atoms. The summed E-state index contributed by atoms with van der Waals surface area (Å²) < 4.78 is 2.39. The molecule has 2 unspecified atom stereocenters. The lowest BCUT2D eigenvalue weighted by atomic mass is 9.95. The Hall–Kier alpha value is -6.36. The number of hydrogen-bond acceptors (Lipinski definition) is 3. The van der Waals surface area contributed by atoms with Gasteiger partial charge in [-0.2, -0.15) is 0 Å². The minimum atomic E-state index is -0.196. The molecule has 0 spiro atoms. The van der Waals surface area contributed by atoms with Gasteiger partial charge in [-0.1, -0.05) is 133 Å². The summed E-state index contributed by atoms with van der Waals surface area (Å²) in [5.74, 6) is 0. The highest BCUT2D eigenvalue weighted by Gasteiger charge is 2.33. The van der Waals surface area contributed by atoms with Crippen LogP contribution < -0.4 is 15.5 Å². The zero-order chi connectivity index (χ0) is 33.0. The number of rotatable bonds is 4. The molecule has 10 rings (SSSR count). The van der Waals surface area contributed by atoms with Crippen LogP contribution in [0.2, 0.25) is 0 Å². The van der Waals surface area contributed by atoms with E-state index in [4.69, 9.17) is 0 Å². The minimum Gasteiger partial charge on any atom is -0.352 e. The van der Waals surface area contributed by atoms with Gasteiger partial charge < -0.3 is 14.8 Å². The van der Waals surface area contributed by atoms with Crippen molar-refractivity contribution in [3.63, 3.8) is 0 Å². The molecule has 0 aliphatic carbocycles. The second kappa shape index (κ2) is 11.7. The van der Waals surface area contributed by atoms with Gasteiger partial charge in [0.15, 0.2) is 6.29 Å². The normalized spacial score (nSPS) is 16.4. The van der Waals surface area contributed by atoms with Gasteiger partial charge in [0.05, 0.1) is 28.5 Å². The summed E-state index contributed by atoms with van der Waals surface area (Å²) in [7, 11) is 0. The number of nitrogens with one attached hydrogen (secondary N) is 2. The van der Waals surface area contributed by atoms with Gasteiger partial charge in [0, 0.05) is 22.1 Å². The first-order valence-corrected chi connectivity index (χ1v) is 17.3. The van der Waals surface area contributed by atoms with Gasteiger partial charge in [-0.25, -0.2) is 0 Å². The highest BCUT2D eigenvalue weighted by molar-refractivity contribution is 6.10. The van der Waals surface area contributed by atoms with Crippen LogP contribution in [0.4, 0.5) is 17.1 Å². The van der Waals surface area contributed by atoms with Gasteiger partial charge >= 0.3 is 0 Å². The van der Waals surface area contributed by atoms with E-state index in [-0.39, 0.29) is 12.3 Å². The Kier molecular flexibility index (Phi) is 6.68. The lowest BCUT2D eigenvalue weighted by Crippen LogP contribution is -2.53. The topological polar surface area (TPSA) is 32.2 Å². The second-order valence-corrected chi connectivity index (χ2v) is 13.1. The fourth-order valence-electron chi connectivity index (χ4n) is 7.90. The number of benzene rings is 7. The Morgan fingerprint density at radius 1 is 0.480 bits per heavy atom. The van der Waals surface area contributed by atoms with Gasteiger partial charge in [0.2, 0.25) is 0 Å². The van der Waals surface area contributed by atoms with E-state index in [1.807, 2.05) is 0 Å². The van der Waals surface area contributed by atoms with E-state index in [0.717, 1.165) is 22.7 Å². The third kappa shape index (κ3) is 4.65. The molecule has 0 fully saturated rings. The lowest BCUT2D eigenvalue weighted by molar-refractivity contribution is 0.494. The van der Waals surface area contributed by atoms with Crippen LogP contribution in [-0.4, -0.2) is 10.9 Å². The molecule has 4 heteroatoms. The number of fused-ring (bicyclic) bond motifs is 6. The first-order valence-electron chi connectivity index (χ1n) is 17.3. The van der Waals surface area contributed by atoms with Crippen molar-refractivity contribution in [3.8, 4) is 16.8 Å². The smallest absolute Gasteiger partial charge is 0.160 e. The van der Waals surface area contributed by atoms with Gasteiger partial charge in [0.1, 0.15) is 0 Å². The predicted molar refractivity (Wildman–Crippen MR) is 209 cm³/mol. The summed E-state index contributed by atoms with van der Waals surface area (Å²) in [6.45, 7) is 0. The van der Waals surface area contributed by atoms with Crippen molar-refractivity contribution in [2.75, 3.05) is 10.2 Å². The van der Waals surface area contributed by atoms with Crippen molar-refractivity contribution >= 4 is 51.0 Å². The molecule has 3 heterocycles. The first kappa shape index (κ1) is 28.6. The average molecular weight is 643 g/mol. The largest absolute Gasteiger partial charge is 0.352 e. The van der Waals surface area contributed by atoms with Crippen molar-refractivity contribution in [2.24, 2.45) is 0 Å². The van der Waals surface area contributed by atoms with E-state index in [1.54, 1.807) is 0 Å². The molecular weight excluding hydrogens is 609 g/mol. The number of aromatic nitrogens is 1. The quantitative estimate of drug-likeness (QED) is 0.200. The summed E-state index contributed by atoms with van der Waals surface area (Å²) in [6, 6.07) is 61.3. The second-order valence-electron chi connectivity index (χ2n) is 13.1. The molecule has 50 heavy (non-hydrogen) atoms. The van der Waals surface area contributed by atoms with E-state index in [2.05, 4.69) is 202 Å². The van der Waals surface area contributed by atoms with Crippen LogP contribution in [0, 0.1) is 0 Å². The molecule has 2 atom stereocenters. The Labute approximate surface area is 291 Å². The van der Waals surface area contributed by atoms with Crippen molar-refractivity contribution in [2.45, 2.75) is 12.3 Å². The Morgan fingerprint density at radius 3 is 2.04 bits per heavy atom. The number of anilines is 3. The summed E-state index contributed by atoms with van der Waals surface area (Å²) in [5, 5.41) is 10.4. The maximum absolute atomic E-state index is 3.99. The van der Waals surface area contributed by atoms with E-state index < -0.39 is 0 Å². The van der Waals surface area contributed by atoms with Gasteiger partial charge in [-0.15, -0.1) is 0 Å². The fourth-order valence-corrected chi connectivity index (χ4v) is 7.90. The van der Waals surface area contributed by atoms with Crippen LogP contribution in [0.5, 0.6) is 0 Å². The number of nitrogens with zero attached hydrogens (tertiary/aromatic N) is 2. The Bertz CT molecular complexity index is 2570. The van der Waals surface area contributed by atoms with Crippen LogP contribution in [-0.2, 0) is 0 Å².